The second kappa shape index (κ2) is 8.24. The van der Waals surface area contributed by atoms with E-state index in [1.54, 1.807) is 31.5 Å². The molecule has 3 rings (SSSR count). The molecule has 1 aliphatic heterocycles. The van der Waals surface area contributed by atoms with Crippen molar-refractivity contribution in [1.29, 1.82) is 0 Å². The van der Waals surface area contributed by atoms with E-state index in [-0.39, 0.29) is 18.0 Å². The lowest BCUT2D eigenvalue weighted by Gasteiger charge is -2.23. The number of urea groups is 1. The van der Waals surface area contributed by atoms with Crippen LogP contribution in [-0.2, 0) is 24.4 Å². The third kappa shape index (κ3) is 4.66. The number of aromatic nitrogens is 4. The maximum Gasteiger partial charge on any atom is 0.319 e. The van der Waals surface area contributed by atoms with E-state index >= 15 is 0 Å². The van der Waals surface area contributed by atoms with Crippen LogP contribution in [0.25, 0.3) is 0 Å². The lowest BCUT2D eigenvalue weighted by molar-refractivity contribution is -0.121. The Morgan fingerprint density at radius 1 is 1.33 bits per heavy atom. The van der Waals surface area contributed by atoms with Crippen molar-refractivity contribution in [3.05, 3.63) is 36.2 Å². The molecule has 2 aromatic heterocycles. The van der Waals surface area contributed by atoms with Crippen molar-refractivity contribution in [2.45, 2.75) is 45.4 Å². The van der Waals surface area contributed by atoms with Gasteiger partial charge in [0.2, 0.25) is 5.91 Å². The summed E-state index contributed by atoms with van der Waals surface area (Å²) in [5.74, 6) is -0.0243. The highest BCUT2D eigenvalue weighted by Gasteiger charge is 2.21. The number of aryl methyl sites for hydroxylation is 1. The first-order valence-electron chi connectivity index (χ1n) is 9.20. The van der Waals surface area contributed by atoms with E-state index in [0.29, 0.717) is 19.5 Å². The summed E-state index contributed by atoms with van der Waals surface area (Å²) in [5, 5.41) is 7.52. The first kappa shape index (κ1) is 18.9. The normalized spacial score (nSPS) is 15.0. The number of amides is 3. The van der Waals surface area contributed by atoms with Crippen LogP contribution in [-0.4, -0.2) is 61.7 Å². The zero-order valence-corrected chi connectivity index (χ0v) is 16.1. The molecule has 9 heteroatoms. The topological polar surface area (TPSA) is 88.3 Å². The molecule has 146 valence electrons. The number of imidazole rings is 1. The standard InChI is InChI=1S/C18H27N7O2/c1-14(24-8-5-19-13-24)9-17(26)20-11-15-10-16-12-23(18(27)22(2)3)6-4-7-25(16)21-15/h5,8,10,13-14H,4,6-7,9,11-12H2,1-3H3,(H,20,26)/t14-/m0/s1. The van der Waals surface area contributed by atoms with Gasteiger partial charge in [-0.3, -0.25) is 9.48 Å². The van der Waals surface area contributed by atoms with Crippen LogP contribution < -0.4 is 5.32 Å². The Labute approximate surface area is 159 Å². The maximum absolute atomic E-state index is 12.2. The lowest BCUT2D eigenvalue weighted by Crippen LogP contribution is -2.38. The van der Waals surface area contributed by atoms with E-state index in [2.05, 4.69) is 15.4 Å². The van der Waals surface area contributed by atoms with Crippen molar-refractivity contribution in [3.8, 4) is 0 Å². The maximum atomic E-state index is 12.2. The molecule has 1 atom stereocenters. The van der Waals surface area contributed by atoms with E-state index in [1.807, 2.05) is 33.3 Å². The minimum absolute atomic E-state index is 0.00740. The molecule has 0 spiro atoms. The van der Waals surface area contributed by atoms with Gasteiger partial charge in [-0.05, 0) is 19.4 Å². The molecule has 2 aromatic rings. The predicted octanol–water partition coefficient (Wildman–Crippen LogP) is 1.23. The Morgan fingerprint density at radius 2 is 2.15 bits per heavy atom. The molecule has 0 saturated carbocycles. The molecule has 3 amide bonds. The number of carbonyl (C=O) groups excluding carboxylic acids is 2. The van der Waals surface area contributed by atoms with Crippen molar-refractivity contribution >= 4 is 11.9 Å². The Morgan fingerprint density at radius 3 is 2.85 bits per heavy atom. The Balaban J connectivity index is 1.56. The van der Waals surface area contributed by atoms with Gasteiger partial charge in [0.1, 0.15) is 0 Å². The van der Waals surface area contributed by atoms with Crippen molar-refractivity contribution in [2.75, 3.05) is 20.6 Å². The zero-order valence-electron chi connectivity index (χ0n) is 16.1. The minimum atomic E-state index is -0.0243. The van der Waals surface area contributed by atoms with Gasteiger partial charge < -0.3 is 19.7 Å². The average Bonchev–Trinajstić information content (AvgIpc) is 3.25. The molecule has 0 aromatic carbocycles. The summed E-state index contributed by atoms with van der Waals surface area (Å²) in [5.41, 5.74) is 1.81. The number of carbonyl (C=O) groups is 2. The number of nitrogens with one attached hydrogen (secondary N) is 1. The van der Waals surface area contributed by atoms with Crippen molar-refractivity contribution in [1.82, 2.24) is 34.4 Å². The van der Waals surface area contributed by atoms with Gasteiger partial charge in [-0.2, -0.15) is 5.10 Å². The van der Waals surface area contributed by atoms with E-state index in [1.165, 1.54) is 0 Å². The second-order valence-electron chi connectivity index (χ2n) is 7.14. The van der Waals surface area contributed by atoms with Gasteiger partial charge in [0.05, 0.1) is 30.8 Å². The molecule has 0 fully saturated rings. The number of fused-ring (bicyclic) bond motifs is 1. The van der Waals surface area contributed by atoms with Crippen LogP contribution in [0.2, 0.25) is 0 Å². The molecular formula is C18H27N7O2. The molecule has 9 nitrogen and oxygen atoms in total. The number of hydrogen-bond donors (Lipinski definition) is 1. The number of hydrogen-bond acceptors (Lipinski definition) is 4. The number of rotatable bonds is 5. The minimum Gasteiger partial charge on any atom is -0.350 e. The highest BCUT2D eigenvalue weighted by atomic mass is 16.2. The molecule has 1 aliphatic rings. The fourth-order valence-corrected chi connectivity index (χ4v) is 3.22. The van der Waals surface area contributed by atoms with E-state index in [0.717, 1.165) is 30.9 Å². The first-order valence-corrected chi connectivity index (χ1v) is 9.20. The molecular weight excluding hydrogens is 346 g/mol. The summed E-state index contributed by atoms with van der Waals surface area (Å²) in [6, 6.07) is 2.03. The van der Waals surface area contributed by atoms with Crippen LogP contribution in [0.4, 0.5) is 4.79 Å². The fraction of sp³-hybridized carbons (Fsp3) is 0.556. The molecule has 0 radical (unpaired) electrons. The Hall–Kier alpha value is -2.84. The zero-order chi connectivity index (χ0) is 19.4. The number of nitrogens with zero attached hydrogens (tertiary/aromatic N) is 6. The predicted molar refractivity (Wildman–Crippen MR) is 99.7 cm³/mol. The summed E-state index contributed by atoms with van der Waals surface area (Å²) in [6.07, 6.45) is 6.52. The summed E-state index contributed by atoms with van der Waals surface area (Å²) in [7, 11) is 3.52. The van der Waals surface area contributed by atoms with Crippen molar-refractivity contribution in [2.24, 2.45) is 0 Å². The largest absolute Gasteiger partial charge is 0.350 e. The highest BCUT2D eigenvalue weighted by molar-refractivity contribution is 5.76. The SMILES string of the molecule is C[C@@H](CC(=O)NCc1cc2n(n1)CCCN(C(=O)N(C)C)C2)n1ccnc1. The molecule has 3 heterocycles. The van der Waals surface area contributed by atoms with Gasteiger partial charge in [-0.15, -0.1) is 0 Å². The molecule has 1 N–H and O–H groups in total. The second-order valence-corrected chi connectivity index (χ2v) is 7.14. The van der Waals surface area contributed by atoms with Gasteiger partial charge in [0.15, 0.2) is 0 Å². The molecule has 0 saturated heterocycles. The van der Waals surface area contributed by atoms with Gasteiger partial charge in [-0.25, -0.2) is 9.78 Å². The van der Waals surface area contributed by atoms with Crippen LogP contribution >= 0.6 is 0 Å². The third-order valence-corrected chi connectivity index (χ3v) is 4.70. The quantitative estimate of drug-likeness (QED) is 0.854. The molecule has 0 unspecified atom stereocenters. The van der Waals surface area contributed by atoms with Crippen LogP contribution in [0.5, 0.6) is 0 Å². The van der Waals surface area contributed by atoms with Gasteiger partial charge in [0.25, 0.3) is 0 Å². The smallest absolute Gasteiger partial charge is 0.319 e. The van der Waals surface area contributed by atoms with Crippen molar-refractivity contribution < 1.29 is 9.59 Å². The van der Waals surface area contributed by atoms with Crippen LogP contribution in [0.15, 0.2) is 24.8 Å². The van der Waals surface area contributed by atoms with Gasteiger partial charge in [-0.1, -0.05) is 0 Å². The average molecular weight is 373 g/mol. The summed E-state index contributed by atoms with van der Waals surface area (Å²) < 4.78 is 3.85. The van der Waals surface area contributed by atoms with E-state index in [4.69, 9.17) is 0 Å². The van der Waals surface area contributed by atoms with Crippen LogP contribution in [0, 0.1) is 0 Å². The summed E-state index contributed by atoms with van der Waals surface area (Å²) in [4.78, 5) is 31.9. The van der Waals surface area contributed by atoms with Crippen molar-refractivity contribution in [3.63, 3.8) is 0 Å². The molecule has 27 heavy (non-hydrogen) atoms. The van der Waals surface area contributed by atoms with Crippen LogP contribution in [0.1, 0.15) is 37.2 Å². The molecule has 0 aliphatic carbocycles. The third-order valence-electron chi connectivity index (χ3n) is 4.70. The molecule has 0 bridgehead atoms. The van der Waals surface area contributed by atoms with E-state index in [9.17, 15) is 9.59 Å². The highest BCUT2D eigenvalue weighted by Crippen LogP contribution is 2.15. The summed E-state index contributed by atoms with van der Waals surface area (Å²) in [6.45, 7) is 4.40. The van der Waals surface area contributed by atoms with Gasteiger partial charge in [0, 0.05) is 52.0 Å². The van der Waals surface area contributed by atoms with Gasteiger partial charge >= 0.3 is 6.03 Å². The monoisotopic (exact) mass is 373 g/mol. The fourth-order valence-electron chi connectivity index (χ4n) is 3.22. The Bertz CT molecular complexity index is 782. The van der Waals surface area contributed by atoms with E-state index < -0.39 is 0 Å². The van der Waals surface area contributed by atoms with Crippen LogP contribution in [0.3, 0.4) is 0 Å². The first-order chi connectivity index (χ1) is 12.9. The lowest BCUT2D eigenvalue weighted by atomic mass is 10.2. The Kier molecular flexibility index (Phi) is 5.78. The summed E-state index contributed by atoms with van der Waals surface area (Å²) >= 11 is 0.